The van der Waals surface area contributed by atoms with Crippen LogP contribution >= 0.6 is 26.6 Å². The average molecular weight is 332 g/mol. The van der Waals surface area contributed by atoms with E-state index in [1.165, 1.54) is 12.1 Å². The minimum Gasteiger partial charge on any atom is -0.489 e. The molecule has 0 radical (unpaired) electrons. The highest BCUT2D eigenvalue weighted by atomic mass is 79.9. The Morgan fingerprint density at radius 2 is 2.12 bits per heavy atom. The molecule has 16 heavy (non-hydrogen) atoms. The summed E-state index contributed by atoms with van der Waals surface area (Å²) in [5, 5.41) is 0. The second kappa shape index (κ2) is 5.84. The summed E-state index contributed by atoms with van der Waals surface area (Å²) in [6.07, 6.45) is 0.215. The van der Waals surface area contributed by atoms with Crippen molar-refractivity contribution in [1.82, 2.24) is 0 Å². The van der Waals surface area contributed by atoms with Gasteiger partial charge in [-0.25, -0.2) is 12.8 Å². The first kappa shape index (κ1) is 13.7. The largest absolute Gasteiger partial charge is 0.489 e. The van der Waals surface area contributed by atoms with E-state index in [1.54, 1.807) is 6.07 Å². The molecule has 0 unspecified atom stereocenters. The van der Waals surface area contributed by atoms with Gasteiger partial charge in [0.25, 0.3) is 0 Å². The highest BCUT2D eigenvalue weighted by Crippen LogP contribution is 2.27. The maximum atomic E-state index is 13.2. The lowest BCUT2D eigenvalue weighted by atomic mass is 10.3. The third kappa shape index (κ3) is 4.67. The first-order valence-corrected chi connectivity index (χ1v) is 7.66. The fourth-order valence-electron chi connectivity index (χ4n) is 1.03. The maximum Gasteiger partial charge on any atom is 0.232 e. The summed E-state index contributed by atoms with van der Waals surface area (Å²) in [6.45, 7) is 0.0888. The van der Waals surface area contributed by atoms with E-state index in [1.807, 2.05) is 0 Å². The van der Waals surface area contributed by atoms with E-state index in [-0.39, 0.29) is 24.5 Å². The van der Waals surface area contributed by atoms with Gasteiger partial charge in [-0.3, -0.25) is 0 Å². The normalized spacial score (nSPS) is 11.4. The quantitative estimate of drug-likeness (QED) is 0.615. The number of hydrogen-bond donors (Lipinski definition) is 0. The molecule has 90 valence electrons. The lowest BCUT2D eigenvalue weighted by Crippen LogP contribution is -2.06. The topological polar surface area (TPSA) is 43.4 Å². The van der Waals surface area contributed by atoms with Crippen LogP contribution in [-0.4, -0.2) is 20.8 Å². The second-order valence-corrected chi connectivity index (χ2v) is 6.75. The minimum atomic E-state index is -3.51. The molecule has 0 saturated heterocycles. The van der Waals surface area contributed by atoms with Crippen molar-refractivity contribution < 1.29 is 17.5 Å². The molecule has 0 heterocycles. The molecule has 0 bridgehead atoms. The summed E-state index contributed by atoms with van der Waals surface area (Å²) >= 11 is 3.13. The van der Waals surface area contributed by atoms with Gasteiger partial charge < -0.3 is 4.74 Å². The third-order valence-electron chi connectivity index (χ3n) is 1.70. The van der Waals surface area contributed by atoms with Crippen molar-refractivity contribution in [3.8, 4) is 5.75 Å². The minimum absolute atomic E-state index is 0.0782. The van der Waals surface area contributed by atoms with Crippen molar-refractivity contribution in [2.24, 2.45) is 0 Å². The van der Waals surface area contributed by atoms with Crippen molar-refractivity contribution in [1.29, 1.82) is 0 Å². The van der Waals surface area contributed by atoms with E-state index < -0.39 is 14.9 Å². The number of halogens is 3. The Morgan fingerprint density at radius 3 is 2.69 bits per heavy atom. The van der Waals surface area contributed by atoms with E-state index in [0.717, 1.165) is 0 Å². The van der Waals surface area contributed by atoms with Gasteiger partial charge in [0.2, 0.25) is 9.05 Å². The average Bonchev–Trinajstić information content (AvgIpc) is 2.14. The smallest absolute Gasteiger partial charge is 0.232 e. The molecule has 3 nitrogen and oxygen atoms in total. The van der Waals surface area contributed by atoms with Crippen LogP contribution in [0.3, 0.4) is 0 Å². The molecule has 0 aliphatic heterocycles. The summed E-state index contributed by atoms with van der Waals surface area (Å²) in [5.41, 5.74) is 0. The number of benzene rings is 1. The van der Waals surface area contributed by atoms with E-state index in [4.69, 9.17) is 15.4 Å². The van der Waals surface area contributed by atoms with Gasteiger partial charge in [0.15, 0.2) is 11.6 Å². The van der Waals surface area contributed by atoms with E-state index >= 15 is 0 Å². The molecule has 0 aromatic heterocycles. The molecule has 1 aromatic rings. The standard InChI is InChI=1S/C9H9BrClFO3S/c10-7-3-1-4-8(12)9(7)15-5-2-6-16(11,13)14/h1,3-4H,2,5-6H2. The summed E-state index contributed by atoms with van der Waals surface area (Å²) in [5.74, 6) is -0.613. The van der Waals surface area contributed by atoms with Crippen molar-refractivity contribution in [2.45, 2.75) is 6.42 Å². The molecule has 7 heteroatoms. The highest BCUT2D eigenvalue weighted by molar-refractivity contribution is 9.10. The molecule has 0 fully saturated rings. The third-order valence-corrected chi connectivity index (χ3v) is 3.56. The van der Waals surface area contributed by atoms with Gasteiger partial charge in [-0.2, -0.15) is 0 Å². The van der Waals surface area contributed by atoms with Crippen LogP contribution in [-0.2, 0) is 9.05 Å². The Labute approximate surface area is 106 Å². The number of para-hydroxylation sites is 1. The molecular formula is C9H9BrClFO3S. The van der Waals surface area contributed by atoms with E-state index in [2.05, 4.69) is 15.9 Å². The number of hydrogen-bond acceptors (Lipinski definition) is 3. The molecule has 0 spiro atoms. The van der Waals surface area contributed by atoms with Crippen LogP contribution in [0.1, 0.15) is 6.42 Å². The predicted octanol–water partition coefficient (Wildman–Crippen LogP) is 2.93. The second-order valence-electron chi connectivity index (χ2n) is 3.00. The van der Waals surface area contributed by atoms with Gasteiger partial charge >= 0.3 is 0 Å². The number of rotatable bonds is 5. The Bertz CT molecular complexity index is 444. The first-order chi connectivity index (χ1) is 7.40. The van der Waals surface area contributed by atoms with Crippen LogP contribution in [0.5, 0.6) is 5.75 Å². The van der Waals surface area contributed by atoms with Crippen LogP contribution in [0.4, 0.5) is 4.39 Å². The first-order valence-electron chi connectivity index (χ1n) is 4.39. The zero-order valence-corrected chi connectivity index (χ0v) is 11.3. The van der Waals surface area contributed by atoms with Gasteiger partial charge in [0.05, 0.1) is 16.8 Å². The fraction of sp³-hybridized carbons (Fsp3) is 0.333. The molecule has 0 aliphatic carbocycles. The van der Waals surface area contributed by atoms with Crippen molar-refractivity contribution in [2.75, 3.05) is 12.4 Å². The summed E-state index contributed by atoms with van der Waals surface area (Å²) < 4.78 is 40.0. The molecule has 0 aliphatic rings. The van der Waals surface area contributed by atoms with Crippen molar-refractivity contribution in [3.05, 3.63) is 28.5 Å². The van der Waals surface area contributed by atoms with Gasteiger partial charge in [0, 0.05) is 10.7 Å². The molecule has 0 atom stereocenters. The number of ether oxygens (including phenoxy) is 1. The van der Waals surface area contributed by atoms with Gasteiger partial charge in [-0.15, -0.1) is 0 Å². The zero-order chi connectivity index (χ0) is 12.2. The highest BCUT2D eigenvalue weighted by Gasteiger charge is 2.09. The summed E-state index contributed by atoms with van der Waals surface area (Å²) in [7, 11) is 1.50. The van der Waals surface area contributed by atoms with Crippen LogP contribution in [0, 0.1) is 5.82 Å². The monoisotopic (exact) mass is 330 g/mol. The van der Waals surface area contributed by atoms with Crippen LogP contribution in [0.25, 0.3) is 0 Å². The van der Waals surface area contributed by atoms with Gasteiger partial charge in [-0.05, 0) is 34.5 Å². The van der Waals surface area contributed by atoms with E-state index in [9.17, 15) is 12.8 Å². The molecule has 0 N–H and O–H groups in total. The van der Waals surface area contributed by atoms with Crippen molar-refractivity contribution >= 4 is 35.7 Å². The molecule has 0 amide bonds. The molecule has 1 rings (SSSR count). The Kier molecular flexibility index (Phi) is 5.01. The SMILES string of the molecule is O=S(=O)(Cl)CCCOc1c(F)cccc1Br. The van der Waals surface area contributed by atoms with Crippen LogP contribution in [0.2, 0.25) is 0 Å². The van der Waals surface area contributed by atoms with Crippen molar-refractivity contribution in [3.63, 3.8) is 0 Å². The fourth-order valence-corrected chi connectivity index (χ4v) is 2.27. The Hall–Kier alpha value is -0.330. The Balaban J connectivity index is 2.49. The van der Waals surface area contributed by atoms with E-state index in [0.29, 0.717) is 4.47 Å². The van der Waals surface area contributed by atoms with Gasteiger partial charge in [0.1, 0.15) is 0 Å². The van der Waals surface area contributed by atoms with Crippen LogP contribution < -0.4 is 4.74 Å². The lowest BCUT2D eigenvalue weighted by Gasteiger charge is -2.08. The molecule has 1 aromatic carbocycles. The van der Waals surface area contributed by atoms with Crippen LogP contribution in [0.15, 0.2) is 22.7 Å². The molecular weight excluding hydrogens is 323 g/mol. The lowest BCUT2D eigenvalue weighted by molar-refractivity contribution is 0.299. The summed E-state index contributed by atoms with van der Waals surface area (Å²) in [4.78, 5) is 0. The maximum absolute atomic E-state index is 13.2. The predicted molar refractivity (Wildman–Crippen MR) is 63.9 cm³/mol. The zero-order valence-electron chi connectivity index (χ0n) is 8.12. The Morgan fingerprint density at radius 1 is 1.44 bits per heavy atom. The molecule has 0 saturated carbocycles. The summed E-state index contributed by atoms with van der Waals surface area (Å²) in [6, 6.07) is 4.44. The van der Waals surface area contributed by atoms with Gasteiger partial charge in [-0.1, -0.05) is 6.07 Å².